The third-order valence-corrected chi connectivity index (χ3v) is 0.778. The van der Waals surface area contributed by atoms with E-state index in [4.69, 9.17) is 0 Å². The average Bonchev–Trinajstić information content (AvgIpc) is 1.86. The zero-order chi connectivity index (χ0) is 8.91. The van der Waals surface area contributed by atoms with Gasteiger partial charge in [0.15, 0.2) is 0 Å². The number of rotatable bonds is 2. The van der Waals surface area contributed by atoms with Gasteiger partial charge in [0.05, 0.1) is 0 Å². The first-order valence-electron chi connectivity index (χ1n) is 2.83. The van der Waals surface area contributed by atoms with Crippen LogP contribution in [0.3, 0.4) is 0 Å². The highest BCUT2D eigenvalue weighted by atomic mass is 19.4. The van der Waals surface area contributed by atoms with Crippen LogP contribution < -0.4 is 0 Å². The number of esters is 1. The molecule has 0 bridgehead atoms. The van der Waals surface area contributed by atoms with Crippen LogP contribution in [0.1, 0.15) is 6.92 Å². The number of hydrogen-bond acceptors (Lipinski definition) is 2. The van der Waals surface area contributed by atoms with E-state index < -0.39 is 12.1 Å². The van der Waals surface area contributed by atoms with Gasteiger partial charge in [0, 0.05) is 0 Å². The minimum Gasteiger partial charge on any atom is -0.455 e. The van der Waals surface area contributed by atoms with Crippen molar-refractivity contribution in [1.29, 1.82) is 0 Å². The summed E-state index contributed by atoms with van der Waals surface area (Å²) in [6.07, 6.45) is -2.09. The van der Waals surface area contributed by atoms with E-state index in [1.54, 1.807) is 6.92 Å². The number of carbonyl (C=O) groups excluding carboxylic acids is 1. The molecule has 0 amide bonds. The quantitative estimate of drug-likeness (QED) is 0.463. The van der Waals surface area contributed by atoms with Crippen molar-refractivity contribution in [2.24, 2.45) is 0 Å². The summed E-state index contributed by atoms with van der Waals surface area (Å²) in [5.41, 5.74) is 0. The van der Waals surface area contributed by atoms with Crippen LogP contribution in [0, 0.1) is 0 Å². The lowest BCUT2D eigenvalue weighted by Gasteiger charge is -2.03. The normalized spacial score (nSPS) is 12.0. The summed E-state index contributed by atoms with van der Waals surface area (Å²) < 4.78 is 37.9. The fourth-order valence-corrected chi connectivity index (χ4v) is 0.302. The summed E-state index contributed by atoms with van der Waals surface area (Å²) >= 11 is 0. The molecule has 0 fully saturated rings. The SMILES string of the molecule is C/C=C\COC(=O)C(F)(F)F. The molecule has 0 atom stereocenters. The van der Waals surface area contributed by atoms with Gasteiger partial charge in [-0.15, -0.1) is 0 Å². The molecule has 0 unspecified atom stereocenters. The smallest absolute Gasteiger partial charge is 0.455 e. The molecule has 11 heavy (non-hydrogen) atoms. The second kappa shape index (κ2) is 4.00. The highest BCUT2D eigenvalue weighted by Crippen LogP contribution is 2.16. The summed E-state index contributed by atoms with van der Waals surface area (Å²) in [5.74, 6) is -2.16. The molecule has 0 aliphatic heterocycles. The monoisotopic (exact) mass is 168 g/mol. The lowest BCUT2D eigenvalue weighted by molar-refractivity contribution is -0.198. The lowest BCUT2D eigenvalue weighted by Crippen LogP contribution is -2.25. The van der Waals surface area contributed by atoms with Gasteiger partial charge in [0.2, 0.25) is 0 Å². The molecule has 0 saturated carbocycles. The number of allylic oxidation sites excluding steroid dienone is 1. The van der Waals surface area contributed by atoms with E-state index in [-0.39, 0.29) is 6.61 Å². The van der Waals surface area contributed by atoms with Crippen molar-refractivity contribution < 1.29 is 22.7 Å². The van der Waals surface area contributed by atoms with Crippen molar-refractivity contribution in [3.8, 4) is 0 Å². The van der Waals surface area contributed by atoms with Gasteiger partial charge in [0.1, 0.15) is 6.61 Å². The molecule has 2 nitrogen and oxygen atoms in total. The summed E-state index contributed by atoms with van der Waals surface area (Å²) in [6, 6.07) is 0. The van der Waals surface area contributed by atoms with Crippen molar-refractivity contribution in [1.82, 2.24) is 0 Å². The summed E-state index contributed by atoms with van der Waals surface area (Å²) in [4.78, 5) is 9.96. The lowest BCUT2D eigenvalue weighted by atomic mass is 10.5. The van der Waals surface area contributed by atoms with E-state index in [9.17, 15) is 18.0 Å². The van der Waals surface area contributed by atoms with Crippen molar-refractivity contribution in [3.63, 3.8) is 0 Å². The molecular formula is C6H7F3O2. The molecule has 5 heteroatoms. The largest absolute Gasteiger partial charge is 0.490 e. The van der Waals surface area contributed by atoms with Gasteiger partial charge in [-0.3, -0.25) is 0 Å². The molecule has 0 aromatic carbocycles. The maximum Gasteiger partial charge on any atom is 0.490 e. The molecule has 0 radical (unpaired) electrons. The first-order valence-corrected chi connectivity index (χ1v) is 2.83. The van der Waals surface area contributed by atoms with Crippen molar-refractivity contribution in [2.45, 2.75) is 13.1 Å². The Morgan fingerprint density at radius 3 is 2.45 bits per heavy atom. The Labute approximate surface area is 61.6 Å². The molecule has 0 heterocycles. The molecule has 0 aromatic rings. The Balaban J connectivity index is 3.71. The Morgan fingerprint density at radius 2 is 2.09 bits per heavy atom. The highest BCUT2D eigenvalue weighted by molar-refractivity contribution is 5.75. The van der Waals surface area contributed by atoms with Gasteiger partial charge in [-0.1, -0.05) is 12.2 Å². The van der Waals surface area contributed by atoms with Gasteiger partial charge in [-0.2, -0.15) is 13.2 Å². The Morgan fingerprint density at radius 1 is 1.55 bits per heavy atom. The second-order valence-corrected chi connectivity index (χ2v) is 1.67. The molecule has 0 saturated heterocycles. The van der Waals surface area contributed by atoms with Crippen molar-refractivity contribution in [2.75, 3.05) is 6.61 Å². The first-order chi connectivity index (χ1) is 4.98. The highest BCUT2D eigenvalue weighted by Gasteiger charge is 2.40. The molecule has 0 aromatic heterocycles. The van der Waals surface area contributed by atoms with Crippen LogP contribution in [0.2, 0.25) is 0 Å². The molecule has 64 valence electrons. The van der Waals surface area contributed by atoms with E-state index in [1.807, 2.05) is 0 Å². The number of alkyl halides is 3. The number of carbonyl (C=O) groups is 1. The summed E-state index contributed by atoms with van der Waals surface area (Å²) in [6.45, 7) is 1.27. The predicted octanol–water partition coefficient (Wildman–Crippen LogP) is 1.67. The zero-order valence-corrected chi connectivity index (χ0v) is 5.81. The van der Waals surface area contributed by atoms with E-state index >= 15 is 0 Å². The summed E-state index contributed by atoms with van der Waals surface area (Å²) in [5, 5.41) is 0. The van der Waals surface area contributed by atoms with E-state index in [0.29, 0.717) is 0 Å². The van der Waals surface area contributed by atoms with Crippen LogP contribution in [0.4, 0.5) is 13.2 Å². The summed E-state index contributed by atoms with van der Waals surface area (Å²) in [7, 11) is 0. The van der Waals surface area contributed by atoms with Crippen molar-refractivity contribution >= 4 is 5.97 Å². The third kappa shape index (κ3) is 4.41. The Kier molecular flexibility index (Phi) is 3.64. The van der Waals surface area contributed by atoms with Crippen LogP contribution in [-0.2, 0) is 9.53 Å². The average molecular weight is 168 g/mol. The number of hydrogen-bond donors (Lipinski definition) is 0. The molecule has 0 spiro atoms. The van der Waals surface area contributed by atoms with Gasteiger partial charge in [-0.25, -0.2) is 4.79 Å². The molecule has 0 rings (SSSR count). The van der Waals surface area contributed by atoms with Gasteiger partial charge < -0.3 is 4.74 Å². The predicted molar refractivity (Wildman–Crippen MR) is 31.8 cm³/mol. The van der Waals surface area contributed by atoms with E-state index in [1.165, 1.54) is 12.2 Å². The van der Waals surface area contributed by atoms with Crippen LogP contribution in [0.25, 0.3) is 0 Å². The minimum absolute atomic E-state index is 0.338. The topological polar surface area (TPSA) is 26.3 Å². The Bertz CT molecular complexity index is 160. The van der Waals surface area contributed by atoms with E-state index in [2.05, 4.69) is 4.74 Å². The molecular weight excluding hydrogens is 161 g/mol. The fourth-order valence-electron chi connectivity index (χ4n) is 0.302. The Hall–Kier alpha value is -1.00. The third-order valence-electron chi connectivity index (χ3n) is 0.778. The van der Waals surface area contributed by atoms with Crippen LogP contribution in [0.15, 0.2) is 12.2 Å². The maximum atomic E-state index is 11.4. The van der Waals surface area contributed by atoms with Crippen LogP contribution in [0.5, 0.6) is 0 Å². The molecule has 0 N–H and O–H groups in total. The van der Waals surface area contributed by atoms with Gasteiger partial charge in [0.25, 0.3) is 0 Å². The standard InChI is InChI=1S/C6H7F3O2/c1-2-3-4-11-5(10)6(7,8)9/h2-3H,4H2,1H3/b3-2-. The first kappa shape index (κ1) is 10.0. The van der Waals surface area contributed by atoms with Gasteiger partial charge >= 0.3 is 12.1 Å². The maximum absolute atomic E-state index is 11.4. The molecule has 0 aliphatic carbocycles. The number of ether oxygens (including phenoxy) is 1. The minimum atomic E-state index is -4.89. The molecule has 0 aliphatic rings. The van der Waals surface area contributed by atoms with Crippen LogP contribution >= 0.6 is 0 Å². The van der Waals surface area contributed by atoms with Gasteiger partial charge in [-0.05, 0) is 6.92 Å². The van der Waals surface area contributed by atoms with Crippen LogP contribution in [-0.4, -0.2) is 18.8 Å². The van der Waals surface area contributed by atoms with E-state index in [0.717, 1.165) is 0 Å². The second-order valence-electron chi connectivity index (χ2n) is 1.67. The van der Waals surface area contributed by atoms with Crippen molar-refractivity contribution in [3.05, 3.63) is 12.2 Å². The number of halogens is 3. The fraction of sp³-hybridized carbons (Fsp3) is 0.500. The zero-order valence-electron chi connectivity index (χ0n) is 5.81.